The Labute approximate surface area is 134 Å². The van der Waals surface area contributed by atoms with E-state index in [0.717, 1.165) is 25.1 Å². The average molecular weight is 344 g/mol. The van der Waals surface area contributed by atoms with Crippen LogP contribution in [0.3, 0.4) is 0 Å². The number of nitrogens with zero attached hydrogens (tertiary/aromatic N) is 3. The number of nitrogens with one attached hydrogen (secondary N) is 1. The molecule has 1 N–H and O–H groups in total. The summed E-state index contributed by atoms with van der Waals surface area (Å²) >= 11 is 1.30. The number of rotatable bonds is 6. The van der Waals surface area contributed by atoms with Gasteiger partial charge >= 0.3 is 0 Å². The second-order valence-corrected chi connectivity index (χ2v) is 8.97. The largest absolute Gasteiger partial charge is 0.335 e. The van der Waals surface area contributed by atoms with Crippen LogP contribution in [0.4, 0.5) is 0 Å². The number of carbonyl (C=O) groups excluding carboxylic acids is 1. The van der Waals surface area contributed by atoms with E-state index in [4.69, 9.17) is 0 Å². The lowest BCUT2D eigenvalue weighted by Gasteiger charge is -2.28. The molecule has 2 aliphatic rings. The molecule has 1 aromatic rings. The third-order valence-corrected chi connectivity index (χ3v) is 6.58. The fraction of sp³-hybridized carbons (Fsp3) is 0.769. The molecule has 3 rings (SSSR count). The van der Waals surface area contributed by atoms with Crippen molar-refractivity contribution >= 4 is 27.5 Å². The lowest BCUT2D eigenvalue weighted by Crippen LogP contribution is -2.43. The molecule has 0 bridgehead atoms. The van der Waals surface area contributed by atoms with Gasteiger partial charge in [0.2, 0.25) is 11.1 Å². The van der Waals surface area contributed by atoms with Crippen LogP contribution in [0.15, 0.2) is 5.16 Å². The molecule has 1 unspecified atom stereocenters. The number of amides is 1. The number of aromatic nitrogens is 3. The van der Waals surface area contributed by atoms with Gasteiger partial charge in [0.1, 0.15) is 5.82 Å². The van der Waals surface area contributed by atoms with E-state index in [1.807, 2.05) is 11.8 Å². The third kappa shape index (κ3) is 3.62. The fourth-order valence-electron chi connectivity index (χ4n) is 2.75. The highest BCUT2D eigenvalue weighted by molar-refractivity contribution is 7.99. The molecule has 22 heavy (non-hydrogen) atoms. The van der Waals surface area contributed by atoms with E-state index in [9.17, 15) is 13.2 Å². The topological polar surface area (TPSA) is 96.0 Å². The van der Waals surface area contributed by atoms with Crippen LogP contribution >= 0.6 is 11.8 Å². The zero-order valence-corrected chi connectivity index (χ0v) is 14.1. The second kappa shape index (κ2) is 6.19. The van der Waals surface area contributed by atoms with E-state index < -0.39 is 9.84 Å². The van der Waals surface area contributed by atoms with E-state index in [1.54, 1.807) is 0 Å². The molecule has 1 amide bonds. The normalized spacial score (nSPS) is 23.6. The van der Waals surface area contributed by atoms with Crippen LogP contribution in [0.5, 0.6) is 0 Å². The van der Waals surface area contributed by atoms with E-state index >= 15 is 0 Å². The number of sulfone groups is 1. The van der Waals surface area contributed by atoms with Crippen LogP contribution in [0.1, 0.15) is 32.0 Å². The van der Waals surface area contributed by atoms with Crippen LogP contribution in [-0.2, 0) is 21.1 Å². The SMILES string of the molecule is CCc1nc(SCC(=O)N(C2CC2)C2CCS(=O)(=O)C2)n[nH]1. The second-order valence-electron chi connectivity index (χ2n) is 5.80. The summed E-state index contributed by atoms with van der Waals surface area (Å²) in [4.78, 5) is 18.6. The van der Waals surface area contributed by atoms with Gasteiger partial charge in [0.05, 0.1) is 17.3 Å². The number of aromatic amines is 1. The Morgan fingerprint density at radius 3 is 2.68 bits per heavy atom. The van der Waals surface area contributed by atoms with Crippen LogP contribution in [0, 0.1) is 0 Å². The molecular formula is C13H20N4O3S2. The maximum atomic E-state index is 12.5. The van der Waals surface area contributed by atoms with Crippen molar-refractivity contribution in [3.8, 4) is 0 Å². The summed E-state index contributed by atoms with van der Waals surface area (Å²) in [6.07, 6.45) is 3.30. The van der Waals surface area contributed by atoms with Crippen molar-refractivity contribution in [1.29, 1.82) is 0 Å². The number of carbonyl (C=O) groups is 1. The minimum Gasteiger partial charge on any atom is -0.335 e. The first-order chi connectivity index (χ1) is 10.5. The predicted octanol–water partition coefficient (Wildman–Crippen LogP) is 0.637. The van der Waals surface area contributed by atoms with Gasteiger partial charge in [-0.05, 0) is 19.3 Å². The van der Waals surface area contributed by atoms with Crippen molar-refractivity contribution in [3.63, 3.8) is 0 Å². The first kappa shape index (κ1) is 15.8. The Kier molecular flexibility index (Phi) is 4.44. The smallest absolute Gasteiger partial charge is 0.233 e. The molecule has 1 aliphatic carbocycles. The Bertz CT molecular complexity index is 654. The quantitative estimate of drug-likeness (QED) is 0.761. The summed E-state index contributed by atoms with van der Waals surface area (Å²) in [5.74, 6) is 1.37. The summed E-state index contributed by atoms with van der Waals surface area (Å²) in [5, 5.41) is 7.45. The van der Waals surface area contributed by atoms with E-state index in [1.165, 1.54) is 11.8 Å². The Hall–Kier alpha value is -1.09. The number of hydrogen-bond donors (Lipinski definition) is 1. The van der Waals surface area contributed by atoms with Crippen LogP contribution < -0.4 is 0 Å². The van der Waals surface area contributed by atoms with Crippen molar-refractivity contribution in [2.75, 3.05) is 17.3 Å². The van der Waals surface area contributed by atoms with Gasteiger partial charge in [-0.15, -0.1) is 5.10 Å². The molecule has 0 radical (unpaired) electrons. The zero-order valence-electron chi connectivity index (χ0n) is 12.5. The summed E-state index contributed by atoms with van der Waals surface area (Å²) in [6.45, 7) is 1.98. The van der Waals surface area contributed by atoms with Gasteiger partial charge in [0.25, 0.3) is 0 Å². The molecule has 0 aromatic carbocycles. The van der Waals surface area contributed by atoms with Gasteiger partial charge < -0.3 is 4.90 Å². The standard InChI is InChI=1S/C13H20N4O3S2/c1-2-11-14-13(16-15-11)21-7-12(18)17(9-3-4-9)10-5-6-22(19,20)8-10/h9-10H,2-8H2,1H3,(H,14,15,16). The molecule has 1 aromatic heterocycles. The highest BCUT2D eigenvalue weighted by Crippen LogP contribution is 2.33. The molecule has 9 heteroatoms. The van der Waals surface area contributed by atoms with Crippen LogP contribution in [0.25, 0.3) is 0 Å². The van der Waals surface area contributed by atoms with Gasteiger partial charge in [0.15, 0.2) is 9.84 Å². The summed E-state index contributed by atoms with van der Waals surface area (Å²) in [7, 11) is -2.98. The van der Waals surface area contributed by atoms with Gasteiger partial charge in [-0.3, -0.25) is 9.89 Å². The molecule has 1 atom stereocenters. The molecule has 7 nitrogen and oxygen atoms in total. The first-order valence-electron chi connectivity index (χ1n) is 7.54. The number of hydrogen-bond acceptors (Lipinski definition) is 6. The Morgan fingerprint density at radius 1 is 1.36 bits per heavy atom. The Balaban J connectivity index is 1.61. The molecule has 122 valence electrons. The number of aryl methyl sites for hydroxylation is 1. The predicted molar refractivity (Wildman–Crippen MR) is 83.4 cm³/mol. The monoisotopic (exact) mass is 344 g/mol. The number of thioether (sulfide) groups is 1. The van der Waals surface area contributed by atoms with Gasteiger partial charge in [-0.25, -0.2) is 13.4 Å². The molecular weight excluding hydrogens is 324 g/mol. The summed E-state index contributed by atoms with van der Waals surface area (Å²) in [6, 6.07) is 0.0775. The summed E-state index contributed by atoms with van der Waals surface area (Å²) < 4.78 is 23.3. The Morgan fingerprint density at radius 2 is 2.14 bits per heavy atom. The fourth-order valence-corrected chi connectivity index (χ4v) is 5.15. The molecule has 2 fully saturated rings. The molecule has 1 saturated carbocycles. The zero-order chi connectivity index (χ0) is 15.7. The van der Waals surface area contributed by atoms with Crippen molar-refractivity contribution in [3.05, 3.63) is 5.82 Å². The third-order valence-electron chi connectivity index (χ3n) is 4.00. The van der Waals surface area contributed by atoms with Crippen LogP contribution in [0.2, 0.25) is 0 Å². The maximum absolute atomic E-state index is 12.5. The molecule has 1 aliphatic heterocycles. The minimum absolute atomic E-state index is 0.00236. The van der Waals surface area contributed by atoms with Crippen molar-refractivity contribution in [2.24, 2.45) is 0 Å². The lowest BCUT2D eigenvalue weighted by molar-refractivity contribution is -0.130. The average Bonchev–Trinajstić information content (AvgIpc) is 3.08. The molecule has 0 spiro atoms. The van der Waals surface area contributed by atoms with Crippen molar-refractivity contribution in [1.82, 2.24) is 20.1 Å². The number of H-pyrrole nitrogens is 1. The van der Waals surface area contributed by atoms with Crippen LogP contribution in [-0.4, -0.2) is 63.7 Å². The molecule has 1 saturated heterocycles. The van der Waals surface area contributed by atoms with Crippen molar-refractivity contribution in [2.45, 2.75) is 49.8 Å². The lowest BCUT2D eigenvalue weighted by atomic mass is 10.2. The highest BCUT2D eigenvalue weighted by atomic mass is 32.2. The molecule has 2 heterocycles. The summed E-state index contributed by atoms with van der Waals surface area (Å²) in [5.41, 5.74) is 0. The van der Waals surface area contributed by atoms with E-state index in [-0.39, 0.29) is 35.2 Å². The highest BCUT2D eigenvalue weighted by Gasteiger charge is 2.41. The van der Waals surface area contributed by atoms with Crippen molar-refractivity contribution < 1.29 is 13.2 Å². The minimum atomic E-state index is -2.98. The van der Waals surface area contributed by atoms with E-state index in [0.29, 0.717) is 11.6 Å². The maximum Gasteiger partial charge on any atom is 0.233 e. The first-order valence-corrected chi connectivity index (χ1v) is 10.3. The van der Waals surface area contributed by atoms with Gasteiger partial charge in [-0.2, -0.15) is 0 Å². The van der Waals surface area contributed by atoms with E-state index in [2.05, 4.69) is 15.2 Å². The van der Waals surface area contributed by atoms with Gasteiger partial charge in [-0.1, -0.05) is 18.7 Å². The van der Waals surface area contributed by atoms with Gasteiger partial charge in [0, 0.05) is 18.5 Å².